The number of carboxylic acid groups (broad SMARTS) is 1. The highest BCUT2D eigenvalue weighted by molar-refractivity contribution is 5.80. The third kappa shape index (κ3) is 3.54. The van der Waals surface area contributed by atoms with Crippen LogP contribution >= 0.6 is 0 Å². The normalized spacial score (nSPS) is 21.9. The van der Waals surface area contributed by atoms with E-state index in [0.29, 0.717) is 25.3 Å². The Kier molecular flexibility index (Phi) is 4.83. The van der Waals surface area contributed by atoms with Gasteiger partial charge in [0.05, 0.1) is 19.4 Å². The van der Waals surface area contributed by atoms with Gasteiger partial charge in [-0.15, -0.1) is 0 Å². The summed E-state index contributed by atoms with van der Waals surface area (Å²) in [6.07, 6.45) is 0.808. The lowest BCUT2D eigenvalue weighted by Gasteiger charge is -2.35. The highest BCUT2D eigenvalue weighted by Crippen LogP contribution is 2.25. The molecule has 1 aromatic rings. The minimum absolute atomic E-state index is 0.0159. The van der Waals surface area contributed by atoms with Crippen molar-refractivity contribution in [3.05, 3.63) is 29.8 Å². The second-order valence-corrected chi connectivity index (χ2v) is 5.54. The van der Waals surface area contributed by atoms with Crippen LogP contribution < -0.4 is 4.74 Å². The Bertz CT molecular complexity index is 529. The zero-order valence-corrected chi connectivity index (χ0v) is 12.4. The summed E-state index contributed by atoms with van der Waals surface area (Å²) in [5.41, 5.74) is 0.859. The standard InChI is InChI=1S/C16H21NO4/c1-11-10-17(8-7-13(11)16(19)20)15(18)9-12-5-3-4-6-14(12)21-2/h3-6,11,13H,7-10H2,1-2H3,(H,19,20). The molecule has 1 aliphatic heterocycles. The van der Waals surface area contributed by atoms with Crippen molar-refractivity contribution in [2.24, 2.45) is 11.8 Å². The zero-order valence-electron chi connectivity index (χ0n) is 12.4. The van der Waals surface area contributed by atoms with E-state index in [-0.39, 0.29) is 24.2 Å². The lowest BCUT2D eigenvalue weighted by atomic mass is 9.87. The third-order valence-corrected chi connectivity index (χ3v) is 4.11. The molecule has 21 heavy (non-hydrogen) atoms. The maximum Gasteiger partial charge on any atom is 0.306 e. The van der Waals surface area contributed by atoms with Crippen LogP contribution in [0.2, 0.25) is 0 Å². The number of hydrogen-bond donors (Lipinski definition) is 1. The molecule has 1 fully saturated rings. The first-order valence-corrected chi connectivity index (χ1v) is 7.15. The number of amides is 1. The largest absolute Gasteiger partial charge is 0.496 e. The molecule has 1 aromatic carbocycles. The van der Waals surface area contributed by atoms with Crippen LogP contribution in [0.1, 0.15) is 18.9 Å². The smallest absolute Gasteiger partial charge is 0.306 e. The molecule has 2 rings (SSSR count). The molecule has 0 bridgehead atoms. The molecule has 5 nitrogen and oxygen atoms in total. The van der Waals surface area contributed by atoms with E-state index in [4.69, 9.17) is 9.84 Å². The topological polar surface area (TPSA) is 66.8 Å². The lowest BCUT2D eigenvalue weighted by molar-refractivity contribution is -0.148. The Morgan fingerprint density at radius 1 is 1.38 bits per heavy atom. The van der Waals surface area contributed by atoms with Crippen molar-refractivity contribution < 1.29 is 19.4 Å². The number of piperidine rings is 1. The predicted molar refractivity (Wildman–Crippen MR) is 78.2 cm³/mol. The van der Waals surface area contributed by atoms with Crippen molar-refractivity contribution in [2.75, 3.05) is 20.2 Å². The number of ether oxygens (including phenoxy) is 1. The molecule has 2 unspecified atom stereocenters. The summed E-state index contributed by atoms with van der Waals surface area (Å²) in [5, 5.41) is 9.12. The number of hydrogen-bond acceptors (Lipinski definition) is 3. The van der Waals surface area contributed by atoms with E-state index >= 15 is 0 Å². The maximum atomic E-state index is 12.4. The number of methoxy groups -OCH3 is 1. The Hall–Kier alpha value is -2.04. The molecule has 0 spiro atoms. The van der Waals surface area contributed by atoms with Gasteiger partial charge in [0, 0.05) is 18.7 Å². The van der Waals surface area contributed by atoms with Gasteiger partial charge < -0.3 is 14.7 Å². The predicted octanol–water partition coefficient (Wildman–Crippen LogP) is 1.81. The summed E-state index contributed by atoms with van der Waals surface area (Å²) in [5.74, 6) is -0.396. The SMILES string of the molecule is COc1ccccc1CC(=O)N1CCC(C(=O)O)C(C)C1. The number of likely N-dealkylation sites (tertiary alicyclic amines) is 1. The van der Waals surface area contributed by atoms with Crippen LogP contribution in [-0.4, -0.2) is 42.1 Å². The third-order valence-electron chi connectivity index (χ3n) is 4.11. The Balaban J connectivity index is 2.00. The highest BCUT2D eigenvalue weighted by atomic mass is 16.5. The van der Waals surface area contributed by atoms with Crippen molar-refractivity contribution in [3.63, 3.8) is 0 Å². The summed E-state index contributed by atoms with van der Waals surface area (Å²) < 4.78 is 5.25. The molecule has 0 aliphatic carbocycles. The maximum absolute atomic E-state index is 12.4. The van der Waals surface area contributed by atoms with Crippen LogP contribution in [0.3, 0.4) is 0 Å². The minimum Gasteiger partial charge on any atom is -0.496 e. The van der Waals surface area contributed by atoms with Crippen LogP contribution in [0.4, 0.5) is 0 Å². The van der Waals surface area contributed by atoms with Crippen molar-refractivity contribution in [2.45, 2.75) is 19.8 Å². The van der Waals surface area contributed by atoms with Gasteiger partial charge in [0.25, 0.3) is 0 Å². The second kappa shape index (κ2) is 6.61. The number of carbonyl (C=O) groups excluding carboxylic acids is 1. The van der Waals surface area contributed by atoms with E-state index in [1.54, 1.807) is 12.0 Å². The van der Waals surface area contributed by atoms with Crippen molar-refractivity contribution in [3.8, 4) is 5.75 Å². The molecule has 1 saturated heterocycles. The Morgan fingerprint density at radius 3 is 2.71 bits per heavy atom. The minimum atomic E-state index is -0.765. The van der Waals surface area contributed by atoms with Gasteiger partial charge in [-0.1, -0.05) is 25.1 Å². The fourth-order valence-corrected chi connectivity index (χ4v) is 2.86. The molecule has 1 aliphatic rings. The molecule has 5 heteroatoms. The van der Waals surface area contributed by atoms with Crippen LogP contribution in [0.25, 0.3) is 0 Å². The molecular weight excluding hydrogens is 270 g/mol. The summed E-state index contributed by atoms with van der Waals surface area (Å²) >= 11 is 0. The van der Waals surface area contributed by atoms with Crippen LogP contribution in [0, 0.1) is 11.8 Å². The van der Waals surface area contributed by atoms with Crippen LogP contribution in [0.15, 0.2) is 24.3 Å². The van der Waals surface area contributed by atoms with Gasteiger partial charge in [-0.05, 0) is 18.4 Å². The summed E-state index contributed by atoms with van der Waals surface area (Å²) in [6, 6.07) is 7.46. The fraction of sp³-hybridized carbons (Fsp3) is 0.500. The number of para-hydroxylation sites is 1. The number of nitrogens with zero attached hydrogens (tertiary/aromatic N) is 1. The van der Waals surface area contributed by atoms with E-state index in [2.05, 4.69) is 0 Å². The summed E-state index contributed by atoms with van der Waals surface area (Å²) in [7, 11) is 1.59. The average Bonchev–Trinajstić information content (AvgIpc) is 2.47. The first kappa shape index (κ1) is 15.4. The Labute approximate surface area is 124 Å². The fourth-order valence-electron chi connectivity index (χ4n) is 2.86. The van der Waals surface area contributed by atoms with E-state index < -0.39 is 5.97 Å². The highest BCUT2D eigenvalue weighted by Gasteiger charge is 2.32. The zero-order chi connectivity index (χ0) is 15.4. The first-order valence-electron chi connectivity index (χ1n) is 7.15. The Morgan fingerprint density at radius 2 is 2.10 bits per heavy atom. The van der Waals surface area contributed by atoms with E-state index in [9.17, 15) is 9.59 Å². The van der Waals surface area contributed by atoms with Gasteiger partial charge in [0.1, 0.15) is 5.75 Å². The molecule has 0 aromatic heterocycles. The monoisotopic (exact) mass is 291 g/mol. The van der Waals surface area contributed by atoms with E-state index in [1.807, 2.05) is 31.2 Å². The molecule has 114 valence electrons. The van der Waals surface area contributed by atoms with Crippen LogP contribution in [0.5, 0.6) is 5.75 Å². The molecule has 2 atom stereocenters. The number of benzene rings is 1. The van der Waals surface area contributed by atoms with Gasteiger partial charge in [-0.3, -0.25) is 9.59 Å². The van der Waals surface area contributed by atoms with Crippen molar-refractivity contribution in [1.29, 1.82) is 0 Å². The molecule has 0 radical (unpaired) electrons. The number of rotatable bonds is 4. The van der Waals surface area contributed by atoms with Gasteiger partial charge in [-0.25, -0.2) is 0 Å². The molecule has 1 amide bonds. The average molecular weight is 291 g/mol. The quantitative estimate of drug-likeness (QED) is 0.918. The van der Waals surface area contributed by atoms with Gasteiger partial charge in [0.15, 0.2) is 0 Å². The molecule has 0 saturated carbocycles. The first-order chi connectivity index (χ1) is 10.0. The van der Waals surface area contributed by atoms with Crippen molar-refractivity contribution in [1.82, 2.24) is 4.90 Å². The van der Waals surface area contributed by atoms with Gasteiger partial charge >= 0.3 is 5.97 Å². The molecule has 1 heterocycles. The van der Waals surface area contributed by atoms with Gasteiger partial charge in [0.2, 0.25) is 5.91 Å². The number of carboxylic acids is 1. The molecular formula is C16H21NO4. The van der Waals surface area contributed by atoms with Crippen molar-refractivity contribution >= 4 is 11.9 Å². The second-order valence-electron chi connectivity index (χ2n) is 5.54. The van der Waals surface area contributed by atoms with E-state index in [1.165, 1.54) is 0 Å². The number of aliphatic carboxylic acids is 1. The summed E-state index contributed by atoms with van der Waals surface area (Å²) in [4.78, 5) is 25.2. The number of carbonyl (C=O) groups is 2. The van der Waals surface area contributed by atoms with Crippen LogP contribution in [-0.2, 0) is 16.0 Å². The summed E-state index contributed by atoms with van der Waals surface area (Å²) in [6.45, 7) is 2.90. The van der Waals surface area contributed by atoms with E-state index in [0.717, 1.165) is 5.56 Å². The molecule has 1 N–H and O–H groups in total. The van der Waals surface area contributed by atoms with Gasteiger partial charge in [-0.2, -0.15) is 0 Å². The lowest BCUT2D eigenvalue weighted by Crippen LogP contribution is -2.45.